The van der Waals surface area contributed by atoms with Crippen LogP contribution >= 0.6 is 11.3 Å². The molecule has 0 saturated carbocycles. The Morgan fingerprint density at radius 3 is 2.00 bits per heavy atom. The van der Waals surface area contributed by atoms with Crippen molar-refractivity contribution in [2.24, 2.45) is 4.99 Å². The highest BCUT2D eigenvalue weighted by molar-refractivity contribution is 7.24. The molecule has 0 spiro atoms. The highest BCUT2D eigenvalue weighted by Gasteiger charge is 2.31. The molecule has 3 aromatic heterocycles. The molecule has 7 aromatic carbocycles. The van der Waals surface area contributed by atoms with Crippen molar-refractivity contribution in [2.45, 2.75) is 6.29 Å². The molecule has 4 nitrogen and oxygen atoms in total. The molecule has 4 heterocycles. The van der Waals surface area contributed by atoms with Crippen molar-refractivity contribution >= 4 is 97.2 Å². The van der Waals surface area contributed by atoms with E-state index in [-0.39, 0.29) is 6.29 Å². The van der Waals surface area contributed by atoms with Gasteiger partial charge in [0.1, 0.15) is 11.3 Å². The van der Waals surface area contributed by atoms with Crippen molar-refractivity contribution in [2.75, 3.05) is 5.32 Å². The molecule has 0 saturated heterocycles. The van der Waals surface area contributed by atoms with E-state index in [1.165, 1.54) is 63.5 Å². The maximum absolute atomic E-state index is 6.54. The smallest absolute Gasteiger partial charge is 0.201 e. The van der Waals surface area contributed by atoms with E-state index in [0.29, 0.717) is 0 Å². The van der Waals surface area contributed by atoms with Gasteiger partial charge >= 0.3 is 0 Å². The van der Waals surface area contributed by atoms with E-state index in [2.05, 4.69) is 125 Å². The van der Waals surface area contributed by atoms with Gasteiger partial charge in [-0.3, -0.25) is 0 Å². The van der Waals surface area contributed by atoms with Crippen LogP contribution in [-0.2, 0) is 0 Å². The Morgan fingerprint density at radius 2 is 1.24 bits per heavy atom. The Morgan fingerprint density at radius 1 is 0.600 bits per heavy atom. The zero-order valence-corrected chi connectivity index (χ0v) is 24.7. The molecule has 1 unspecified atom stereocenters. The van der Waals surface area contributed by atoms with Crippen LogP contribution in [0.1, 0.15) is 17.6 Å². The van der Waals surface area contributed by atoms with Gasteiger partial charge in [0.2, 0.25) is 6.29 Å². The molecule has 1 aliphatic rings. The van der Waals surface area contributed by atoms with Crippen LogP contribution in [0.5, 0.6) is 0 Å². The third-order valence-electron chi connectivity index (χ3n) is 9.56. The summed E-state index contributed by atoms with van der Waals surface area (Å²) in [4.78, 5) is 5.50. The average molecular weight is 594 g/mol. The molecule has 210 valence electrons. The van der Waals surface area contributed by atoms with Gasteiger partial charge in [-0.25, -0.2) is 4.99 Å². The van der Waals surface area contributed by atoms with Crippen LogP contribution in [0, 0.1) is 0 Å². The van der Waals surface area contributed by atoms with Gasteiger partial charge in [-0.05, 0) is 64.0 Å². The van der Waals surface area contributed by atoms with Gasteiger partial charge in [0.25, 0.3) is 0 Å². The molecule has 0 bridgehead atoms. The van der Waals surface area contributed by atoms with E-state index in [1.54, 1.807) is 0 Å². The summed E-state index contributed by atoms with van der Waals surface area (Å²) in [5, 5.41) is 15.0. The molecule has 1 N–H and O–H groups in total. The zero-order chi connectivity index (χ0) is 29.2. The largest absolute Gasteiger partial charge is 0.452 e. The summed E-state index contributed by atoms with van der Waals surface area (Å²) < 4.78 is 11.5. The first-order valence-corrected chi connectivity index (χ1v) is 16.1. The number of nitrogens with one attached hydrogen (secondary N) is 1. The van der Waals surface area contributed by atoms with Crippen molar-refractivity contribution in [1.29, 1.82) is 0 Å². The predicted molar refractivity (Wildman–Crippen MR) is 189 cm³/mol. The van der Waals surface area contributed by atoms with Crippen LogP contribution in [0.2, 0.25) is 0 Å². The quantitative estimate of drug-likeness (QED) is 0.217. The number of aromatic nitrogens is 1. The van der Waals surface area contributed by atoms with Gasteiger partial charge in [-0.2, -0.15) is 0 Å². The van der Waals surface area contributed by atoms with Crippen molar-refractivity contribution in [3.63, 3.8) is 0 Å². The predicted octanol–water partition coefficient (Wildman–Crippen LogP) is 11.1. The summed E-state index contributed by atoms with van der Waals surface area (Å²) >= 11 is 1.88. The Kier molecular flexibility index (Phi) is 4.49. The second kappa shape index (κ2) is 8.50. The van der Waals surface area contributed by atoms with E-state index in [9.17, 15) is 0 Å². The lowest BCUT2D eigenvalue weighted by Crippen LogP contribution is -2.24. The number of aliphatic imine (C=N–C) groups is 1. The van der Waals surface area contributed by atoms with Crippen LogP contribution < -0.4 is 5.32 Å². The number of furan rings is 1. The number of para-hydroxylation sites is 1. The Bertz CT molecular complexity index is 2770. The molecular weight excluding hydrogens is 571 g/mol. The number of benzene rings is 7. The molecule has 11 rings (SSSR count). The van der Waals surface area contributed by atoms with Gasteiger partial charge in [0, 0.05) is 41.9 Å². The van der Waals surface area contributed by atoms with E-state index >= 15 is 0 Å². The fourth-order valence-corrected chi connectivity index (χ4v) is 8.80. The Labute approximate surface area is 260 Å². The van der Waals surface area contributed by atoms with Crippen LogP contribution in [0.4, 0.5) is 5.69 Å². The van der Waals surface area contributed by atoms with Crippen molar-refractivity contribution in [1.82, 2.24) is 4.57 Å². The first kappa shape index (κ1) is 23.8. The number of nitrogens with zero attached hydrogens (tertiary/aromatic N) is 2. The van der Waals surface area contributed by atoms with E-state index < -0.39 is 0 Å². The highest BCUT2D eigenvalue weighted by Crippen LogP contribution is 2.47. The molecule has 10 aromatic rings. The van der Waals surface area contributed by atoms with E-state index in [4.69, 9.17) is 9.41 Å². The van der Waals surface area contributed by atoms with Gasteiger partial charge in [0.15, 0.2) is 5.76 Å². The van der Waals surface area contributed by atoms with Gasteiger partial charge < -0.3 is 14.3 Å². The van der Waals surface area contributed by atoms with Crippen molar-refractivity contribution < 1.29 is 4.42 Å². The van der Waals surface area contributed by atoms with Crippen molar-refractivity contribution in [3.8, 4) is 0 Å². The molecule has 1 aliphatic heterocycles. The molecule has 1 atom stereocenters. The van der Waals surface area contributed by atoms with E-state index in [0.717, 1.165) is 33.7 Å². The number of fused-ring (bicyclic) bond motifs is 4. The molecule has 0 amide bonds. The molecule has 0 aliphatic carbocycles. The van der Waals surface area contributed by atoms with E-state index in [1.807, 2.05) is 23.5 Å². The number of hydrogen-bond acceptors (Lipinski definition) is 4. The van der Waals surface area contributed by atoms with Crippen molar-refractivity contribution in [3.05, 3.63) is 139 Å². The standard InChI is InChI=1S/C40H23N3OS/c1-2-8-25-21-26(16-15-22(25)7-1)37-39-38(27-11-3-4-12-30(27)44-39)42-40(41-37)43-28-19-17-23-9-5-13-31-33(23)35(28)36-29(43)20-18-24-10-6-14-32(45-31)34(24)36/h1-21,40,42H. The minimum Gasteiger partial charge on any atom is -0.452 e. The zero-order valence-electron chi connectivity index (χ0n) is 23.9. The summed E-state index contributed by atoms with van der Waals surface area (Å²) in [6.07, 6.45) is -0.388. The fourth-order valence-electron chi connectivity index (χ4n) is 7.62. The monoisotopic (exact) mass is 593 g/mol. The Balaban J connectivity index is 1.27. The van der Waals surface area contributed by atoms with Crippen LogP contribution in [-0.4, -0.2) is 10.3 Å². The summed E-state index contributed by atoms with van der Waals surface area (Å²) in [5.41, 5.74) is 6.07. The van der Waals surface area contributed by atoms with Crippen LogP contribution in [0.25, 0.3) is 74.5 Å². The molecule has 0 fully saturated rings. The van der Waals surface area contributed by atoms with Gasteiger partial charge in [0.05, 0.1) is 16.7 Å². The number of rotatable bonds is 2. The molecule has 45 heavy (non-hydrogen) atoms. The van der Waals surface area contributed by atoms with Gasteiger partial charge in [-0.1, -0.05) is 84.9 Å². The first-order valence-electron chi connectivity index (χ1n) is 15.2. The maximum Gasteiger partial charge on any atom is 0.201 e. The van der Waals surface area contributed by atoms with Gasteiger partial charge in [-0.15, -0.1) is 11.3 Å². The second-order valence-corrected chi connectivity index (χ2v) is 13.0. The minimum atomic E-state index is -0.388. The average Bonchev–Trinajstić information content (AvgIpc) is 3.58. The molecule has 5 heteroatoms. The molecule has 0 radical (unpaired) electrons. The lowest BCUT2D eigenvalue weighted by molar-refractivity contribution is 0.577. The third kappa shape index (κ3) is 3.12. The number of hydrogen-bond donors (Lipinski definition) is 1. The molecular formula is C40H23N3OS. The normalized spacial score (nSPS) is 15.2. The lowest BCUT2D eigenvalue weighted by Gasteiger charge is -2.26. The summed E-state index contributed by atoms with van der Waals surface area (Å²) in [6, 6.07) is 45.7. The SMILES string of the molecule is c1ccc2cc(C3=NC(n4c5ccc6cccc7sc8cccc9ccc4c(c98)c5c67)Nc4c3oc3ccccc43)ccc2c1. The lowest BCUT2D eigenvalue weighted by atomic mass is 10.00. The van der Waals surface area contributed by atoms with Crippen LogP contribution in [0.15, 0.2) is 137 Å². The highest BCUT2D eigenvalue weighted by atomic mass is 32.1. The van der Waals surface area contributed by atoms with Crippen LogP contribution in [0.3, 0.4) is 0 Å². The Hall–Kier alpha value is -5.65. The second-order valence-electron chi connectivity index (χ2n) is 12.0. The third-order valence-corrected chi connectivity index (χ3v) is 10.7. The maximum atomic E-state index is 6.54. The summed E-state index contributed by atoms with van der Waals surface area (Å²) in [7, 11) is 0. The summed E-state index contributed by atoms with van der Waals surface area (Å²) in [5.74, 6) is 0.779. The fraction of sp³-hybridized carbons (Fsp3) is 0.0250. The number of anilines is 1. The summed E-state index contributed by atoms with van der Waals surface area (Å²) in [6.45, 7) is 0. The minimum absolute atomic E-state index is 0.388. The topological polar surface area (TPSA) is 42.5 Å². The first-order chi connectivity index (χ1) is 22.3.